The minimum absolute atomic E-state index is 0.0214. The van der Waals surface area contributed by atoms with Crippen LogP contribution < -0.4 is 0 Å². The van der Waals surface area contributed by atoms with E-state index in [0.717, 1.165) is 25.0 Å². The fourth-order valence-corrected chi connectivity index (χ4v) is 3.77. The van der Waals surface area contributed by atoms with Crippen molar-refractivity contribution < 1.29 is 14.5 Å². The van der Waals surface area contributed by atoms with Crippen LogP contribution in [0.4, 0.5) is 5.69 Å². The van der Waals surface area contributed by atoms with Crippen molar-refractivity contribution >= 4 is 46.0 Å². The van der Waals surface area contributed by atoms with E-state index >= 15 is 0 Å². The van der Waals surface area contributed by atoms with Gasteiger partial charge >= 0.3 is 0 Å². The van der Waals surface area contributed by atoms with Gasteiger partial charge in [-0.1, -0.05) is 24.0 Å². The average molecular weight is 350 g/mol. The van der Waals surface area contributed by atoms with E-state index in [9.17, 15) is 14.9 Å². The van der Waals surface area contributed by atoms with Gasteiger partial charge in [0.05, 0.1) is 22.5 Å². The summed E-state index contributed by atoms with van der Waals surface area (Å²) in [5, 5.41) is 10.7. The largest absolute Gasteiger partial charge is 0.376 e. The summed E-state index contributed by atoms with van der Waals surface area (Å²) in [5.41, 5.74) is 0.751. The van der Waals surface area contributed by atoms with Crippen molar-refractivity contribution in [3.05, 3.63) is 44.8 Å². The topological polar surface area (TPSA) is 72.7 Å². The van der Waals surface area contributed by atoms with E-state index in [2.05, 4.69) is 0 Å². The first-order valence-corrected chi connectivity index (χ1v) is 8.38. The SMILES string of the molecule is O=C1/C(=C\c2ccc([N+](=O)[O-])cc2)SC(=S)N1C[C@H]1CCCO1. The number of carbonyl (C=O) groups excluding carboxylic acids is 1. The Hall–Kier alpha value is -1.77. The predicted octanol–water partition coefficient (Wildman–Crippen LogP) is 2.98. The van der Waals surface area contributed by atoms with Gasteiger partial charge in [-0.3, -0.25) is 19.8 Å². The molecule has 6 nitrogen and oxygen atoms in total. The molecule has 0 aromatic heterocycles. The lowest BCUT2D eigenvalue weighted by atomic mass is 10.2. The number of carbonyl (C=O) groups is 1. The fourth-order valence-electron chi connectivity index (χ4n) is 2.49. The molecule has 0 saturated carbocycles. The van der Waals surface area contributed by atoms with Crippen molar-refractivity contribution in [2.24, 2.45) is 0 Å². The number of rotatable bonds is 4. The van der Waals surface area contributed by atoms with Gasteiger partial charge in [0.15, 0.2) is 0 Å². The molecule has 3 rings (SSSR count). The van der Waals surface area contributed by atoms with Crippen LogP contribution >= 0.6 is 24.0 Å². The zero-order valence-corrected chi connectivity index (χ0v) is 13.8. The smallest absolute Gasteiger partial charge is 0.269 e. The summed E-state index contributed by atoms with van der Waals surface area (Å²) in [6, 6.07) is 6.06. The zero-order chi connectivity index (χ0) is 16.4. The first-order chi connectivity index (χ1) is 11.0. The number of amides is 1. The van der Waals surface area contributed by atoms with Crippen molar-refractivity contribution in [3.8, 4) is 0 Å². The third-order valence-corrected chi connectivity index (χ3v) is 5.06. The highest BCUT2D eigenvalue weighted by molar-refractivity contribution is 8.26. The van der Waals surface area contributed by atoms with Gasteiger partial charge in [0.2, 0.25) is 0 Å². The number of thiocarbonyl (C=S) groups is 1. The van der Waals surface area contributed by atoms with E-state index in [-0.39, 0.29) is 17.7 Å². The molecule has 23 heavy (non-hydrogen) atoms. The van der Waals surface area contributed by atoms with Gasteiger partial charge in [0.25, 0.3) is 11.6 Å². The lowest BCUT2D eigenvalue weighted by Crippen LogP contribution is -2.35. The number of thioether (sulfide) groups is 1. The van der Waals surface area contributed by atoms with Crippen LogP contribution in [0.3, 0.4) is 0 Å². The minimum atomic E-state index is -0.454. The van der Waals surface area contributed by atoms with Crippen LogP contribution in [-0.2, 0) is 9.53 Å². The number of hydrogen-bond donors (Lipinski definition) is 0. The lowest BCUT2D eigenvalue weighted by molar-refractivity contribution is -0.384. The molecule has 8 heteroatoms. The molecule has 0 spiro atoms. The number of benzene rings is 1. The molecule has 1 aromatic rings. The minimum Gasteiger partial charge on any atom is -0.376 e. The number of nitro groups is 1. The summed E-state index contributed by atoms with van der Waals surface area (Å²) in [6.07, 6.45) is 3.71. The third kappa shape index (κ3) is 3.60. The molecule has 2 aliphatic heterocycles. The van der Waals surface area contributed by atoms with E-state index in [4.69, 9.17) is 17.0 Å². The second-order valence-corrected chi connectivity index (χ2v) is 6.95. The summed E-state index contributed by atoms with van der Waals surface area (Å²) in [4.78, 5) is 24.8. The Morgan fingerprint density at radius 1 is 1.43 bits per heavy atom. The van der Waals surface area contributed by atoms with Gasteiger partial charge in [-0.2, -0.15) is 0 Å². The first kappa shape index (κ1) is 16.1. The van der Waals surface area contributed by atoms with Gasteiger partial charge < -0.3 is 4.74 Å². The van der Waals surface area contributed by atoms with Crippen molar-refractivity contribution in [2.45, 2.75) is 18.9 Å². The summed E-state index contributed by atoms with van der Waals surface area (Å²) in [7, 11) is 0. The zero-order valence-electron chi connectivity index (χ0n) is 12.1. The molecule has 2 fully saturated rings. The maximum absolute atomic E-state index is 12.5. The molecule has 2 aliphatic rings. The fraction of sp³-hybridized carbons (Fsp3) is 0.333. The third-order valence-electron chi connectivity index (χ3n) is 3.69. The molecule has 1 aromatic carbocycles. The van der Waals surface area contributed by atoms with Crippen molar-refractivity contribution in [3.63, 3.8) is 0 Å². The van der Waals surface area contributed by atoms with E-state index in [1.807, 2.05) is 0 Å². The van der Waals surface area contributed by atoms with E-state index in [0.29, 0.717) is 15.8 Å². The van der Waals surface area contributed by atoms with Crippen LogP contribution in [0.15, 0.2) is 29.2 Å². The Labute approximate surface area is 142 Å². The first-order valence-electron chi connectivity index (χ1n) is 7.16. The van der Waals surface area contributed by atoms with Crippen molar-refractivity contribution in [2.75, 3.05) is 13.2 Å². The molecule has 2 heterocycles. The Morgan fingerprint density at radius 2 is 2.17 bits per heavy atom. The van der Waals surface area contributed by atoms with E-state index in [1.165, 1.54) is 23.9 Å². The lowest BCUT2D eigenvalue weighted by Gasteiger charge is -2.18. The summed E-state index contributed by atoms with van der Waals surface area (Å²) in [5.74, 6) is -0.131. The highest BCUT2D eigenvalue weighted by Gasteiger charge is 2.34. The number of nitro benzene ring substituents is 1. The predicted molar refractivity (Wildman–Crippen MR) is 91.9 cm³/mol. The monoisotopic (exact) mass is 350 g/mol. The summed E-state index contributed by atoms with van der Waals surface area (Å²) < 4.78 is 6.08. The molecular formula is C15H14N2O4S2. The number of hydrogen-bond acceptors (Lipinski definition) is 6. The van der Waals surface area contributed by atoms with Gasteiger partial charge in [-0.05, 0) is 36.6 Å². The molecule has 0 radical (unpaired) electrons. The summed E-state index contributed by atoms with van der Waals surface area (Å²) >= 11 is 6.53. The van der Waals surface area contributed by atoms with Crippen LogP contribution in [0.5, 0.6) is 0 Å². The molecule has 1 atom stereocenters. The number of nitrogens with zero attached hydrogens (tertiary/aromatic N) is 2. The van der Waals surface area contributed by atoms with E-state index in [1.54, 1.807) is 23.1 Å². The van der Waals surface area contributed by atoms with Crippen LogP contribution in [0.2, 0.25) is 0 Å². The molecule has 0 unspecified atom stereocenters. The molecule has 1 amide bonds. The highest BCUT2D eigenvalue weighted by Crippen LogP contribution is 2.33. The highest BCUT2D eigenvalue weighted by atomic mass is 32.2. The van der Waals surface area contributed by atoms with Crippen LogP contribution in [0.25, 0.3) is 6.08 Å². The van der Waals surface area contributed by atoms with Gasteiger partial charge in [-0.15, -0.1) is 0 Å². The normalized spacial score (nSPS) is 23.0. The Kier molecular flexibility index (Phi) is 4.74. The van der Waals surface area contributed by atoms with Crippen molar-refractivity contribution in [1.29, 1.82) is 0 Å². The second kappa shape index (κ2) is 6.77. The Morgan fingerprint density at radius 3 is 2.78 bits per heavy atom. The molecule has 0 bridgehead atoms. The van der Waals surface area contributed by atoms with Crippen molar-refractivity contribution in [1.82, 2.24) is 4.90 Å². The maximum Gasteiger partial charge on any atom is 0.269 e. The quantitative estimate of drug-likeness (QED) is 0.360. The number of non-ortho nitro benzene ring substituents is 1. The molecular weight excluding hydrogens is 336 g/mol. The second-order valence-electron chi connectivity index (χ2n) is 5.28. The standard InChI is InChI=1S/C15H14N2O4S2/c18-14-13(8-10-3-5-11(6-4-10)17(19)20)23-15(22)16(14)9-12-2-1-7-21-12/h3-6,8,12H,1-2,7,9H2/b13-8+/t12-/m1/s1. The average Bonchev–Trinajstić information content (AvgIpc) is 3.12. The maximum atomic E-state index is 12.5. The van der Waals surface area contributed by atoms with Gasteiger partial charge in [-0.25, -0.2) is 0 Å². The van der Waals surface area contributed by atoms with Gasteiger partial charge in [0.1, 0.15) is 4.32 Å². The van der Waals surface area contributed by atoms with Crippen LogP contribution in [-0.4, -0.2) is 39.3 Å². The number of ether oxygens (including phenoxy) is 1. The Balaban J connectivity index is 1.73. The van der Waals surface area contributed by atoms with Crippen LogP contribution in [0.1, 0.15) is 18.4 Å². The Bertz CT molecular complexity index is 681. The molecule has 2 saturated heterocycles. The van der Waals surface area contributed by atoms with Crippen LogP contribution in [0, 0.1) is 10.1 Å². The molecule has 0 aliphatic carbocycles. The van der Waals surface area contributed by atoms with Gasteiger partial charge in [0, 0.05) is 18.7 Å². The van der Waals surface area contributed by atoms with E-state index < -0.39 is 4.92 Å². The molecule has 120 valence electrons. The molecule has 0 N–H and O–H groups in total. The summed E-state index contributed by atoms with van der Waals surface area (Å²) in [6.45, 7) is 1.22.